The molecule has 3 heterocycles. The van der Waals surface area contributed by atoms with Gasteiger partial charge in [0.1, 0.15) is 11.9 Å². The van der Waals surface area contributed by atoms with Crippen LogP contribution in [0.1, 0.15) is 36.2 Å². The monoisotopic (exact) mass is 448 g/mol. The number of pyridine rings is 1. The van der Waals surface area contributed by atoms with Crippen LogP contribution in [0.2, 0.25) is 0 Å². The standard InChI is InChI=1S/C24H25FN6O2/c1-15-4-5-17(11-26)21(25)10-19(15)20-13-28-31(24(20)33)22-7-6-18(12-27-22)23(32)30-9-8-29(3)16(2)14-30/h5-7,10,12-13,16,33H,4,8-9,14H2,1-3H3. The average molecular weight is 449 g/mol. The molecule has 1 aliphatic carbocycles. The largest absolute Gasteiger partial charge is 0.493 e. The van der Waals surface area contributed by atoms with Crippen LogP contribution in [0.5, 0.6) is 5.88 Å². The summed E-state index contributed by atoms with van der Waals surface area (Å²) in [6.07, 6.45) is 6.05. The molecule has 1 saturated heterocycles. The van der Waals surface area contributed by atoms with E-state index in [4.69, 9.17) is 5.26 Å². The van der Waals surface area contributed by atoms with E-state index in [1.807, 2.05) is 24.9 Å². The van der Waals surface area contributed by atoms with E-state index in [9.17, 15) is 14.3 Å². The molecule has 2 aliphatic rings. The highest BCUT2D eigenvalue weighted by Gasteiger charge is 2.25. The number of rotatable bonds is 3. The number of halogens is 1. The van der Waals surface area contributed by atoms with Crippen LogP contribution in [0.3, 0.4) is 0 Å². The summed E-state index contributed by atoms with van der Waals surface area (Å²) in [6.45, 7) is 6.03. The molecular weight excluding hydrogens is 423 g/mol. The average Bonchev–Trinajstić information content (AvgIpc) is 3.13. The van der Waals surface area contributed by atoms with Crippen molar-refractivity contribution >= 4 is 11.5 Å². The molecule has 2 aromatic heterocycles. The number of carbonyl (C=O) groups excluding carboxylic acids is 1. The van der Waals surface area contributed by atoms with Gasteiger partial charge in [0, 0.05) is 31.9 Å². The van der Waals surface area contributed by atoms with E-state index >= 15 is 0 Å². The number of carbonyl (C=O) groups is 1. The summed E-state index contributed by atoms with van der Waals surface area (Å²) in [7, 11) is 2.05. The zero-order valence-electron chi connectivity index (χ0n) is 18.8. The molecule has 1 N–H and O–H groups in total. The second kappa shape index (κ2) is 9.00. The predicted octanol–water partition coefficient (Wildman–Crippen LogP) is 3.23. The summed E-state index contributed by atoms with van der Waals surface area (Å²) >= 11 is 0. The highest BCUT2D eigenvalue weighted by atomic mass is 19.1. The Hall–Kier alpha value is -3.77. The summed E-state index contributed by atoms with van der Waals surface area (Å²) in [4.78, 5) is 21.2. The van der Waals surface area contributed by atoms with Gasteiger partial charge in [-0.1, -0.05) is 11.6 Å². The Labute approximate surface area is 191 Å². The van der Waals surface area contributed by atoms with E-state index in [0.717, 1.165) is 12.1 Å². The first-order valence-electron chi connectivity index (χ1n) is 10.7. The fourth-order valence-electron chi connectivity index (χ4n) is 3.95. The van der Waals surface area contributed by atoms with Crippen molar-refractivity contribution in [1.29, 1.82) is 5.26 Å². The molecule has 9 heteroatoms. The minimum atomic E-state index is -0.657. The van der Waals surface area contributed by atoms with Crippen LogP contribution in [0, 0.1) is 11.3 Å². The van der Waals surface area contributed by atoms with E-state index in [1.165, 1.54) is 29.2 Å². The lowest BCUT2D eigenvalue weighted by Crippen LogP contribution is -2.52. The van der Waals surface area contributed by atoms with Crippen LogP contribution in [0.25, 0.3) is 11.4 Å². The van der Waals surface area contributed by atoms with Crippen molar-refractivity contribution in [3.8, 4) is 17.8 Å². The second-order valence-electron chi connectivity index (χ2n) is 8.40. The molecule has 1 amide bonds. The number of amides is 1. The quantitative estimate of drug-likeness (QED) is 0.774. The Morgan fingerprint density at radius 3 is 2.76 bits per heavy atom. The van der Waals surface area contributed by atoms with Crippen LogP contribution < -0.4 is 0 Å². The summed E-state index contributed by atoms with van der Waals surface area (Å²) < 4.78 is 15.6. The van der Waals surface area contributed by atoms with Crippen LogP contribution in [0.15, 0.2) is 53.7 Å². The molecule has 8 nitrogen and oxygen atoms in total. The van der Waals surface area contributed by atoms with Crippen LogP contribution in [0.4, 0.5) is 4.39 Å². The molecule has 0 aromatic carbocycles. The highest BCUT2D eigenvalue weighted by Crippen LogP contribution is 2.35. The predicted molar refractivity (Wildman–Crippen MR) is 121 cm³/mol. The number of aromatic nitrogens is 3. The molecule has 1 unspecified atom stereocenters. The van der Waals surface area contributed by atoms with Crippen molar-refractivity contribution in [3.63, 3.8) is 0 Å². The van der Waals surface area contributed by atoms with Gasteiger partial charge in [-0.15, -0.1) is 0 Å². The molecule has 1 fully saturated rings. The molecule has 0 radical (unpaired) electrons. The molecule has 4 rings (SSSR count). The number of nitriles is 1. The third-order valence-corrected chi connectivity index (χ3v) is 6.21. The Morgan fingerprint density at radius 1 is 1.30 bits per heavy atom. The van der Waals surface area contributed by atoms with E-state index in [2.05, 4.69) is 21.9 Å². The number of hydrogen-bond donors (Lipinski definition) is 1. The van der Waals surface area contributed by atoms with Crippen molar-refractivity contribution < 1.29 is 14.3 Å². The van der Waals surface area contributed by atoms with Crippen LogP contribution in [-0.4, -0.2) is 68.3 Å². The Bertz CT molecular complexity index is 1220. The van der Waals surface area contributed by atoms with Crippen LogP contribution >= 0.6 is 0 Å². The van der Waals surface area contributed by atoms with Gasteiger partial charge in [-0.3, -0.25) is 4.79 Å². The topological polar surface area (TPSA) is 98.3 Å². The number of allylic oxidation sites excluding steroid dienone is 6. The van der Waals surface area contributed by atoms with Crippen molar-refractivity contribution in [2.24, 2.45) is 0 Å². The molecular formula is C24H25FN6O2. The minimum Gasteiger partial charge on any atom is -0.493 e. The number of hydrogen-bond acceptors (Lipinski definition) is 6. The van der Waals surface area contributed by atoms with Gasteiger partial charge in [0.15, 0.2) is 5.82 Å². The zero-order valence-corrected chi connectivity index (χ0v) is 18.8. The van der Waals surface area contributed by atoms with Crippen molar-refractivity contribution in [3.05, 3.63) is 64.8 Å². The smallest absolute Gasteiger partial charge is 0.255 e. The third-order valence-electron chi connectivity index (χ3n) is 6.21. The number of aromatic hydroxyl groups is 1. The summed E-state index contributed by atoms with van der Waals surface area (Å²) in [5, 5.41) is 24.1. The fraction of sp³-hybridized carbons (Fsp3) is 0.333. The Balaban J connectivity index is 1.58. The van der Waals surface area contributed by atoms with Crippen molar-refractivity contribution in [2.45, 2.75) is 26.3 Å². The van der Waals surface area contributed by atoms with E-state index in [0.29, 0.717) is 42.0 Å². The summed E-state index contributed by atoms with van der Waals surface area (Å²) in [5.41, 5.74) is 2.02. The molecule has 0 bridgehead atoms. The van der Waals surface area contributed by atoms with E-state index in [-0.39, 0.29) is 23.4 Å². The van der Waals surface area contributed by atoms with E-state index in [1.54, 1.807) is 12.1 Å². The lowest BCUT2D eigenvalue weighted by molar-refractivity contribution is 0.0572. The fourth-order valence-corrected chi connectivity index (χ4v) is 3.95. The SMILES string of the molecule is CC1=C(c2cnn(-c3ccc(C(=O)N4CCN(C)C(C)C4)cn3)c2O)C=C(F)C(C#N)=CC1. The lowest BCUT2D eigenvalue weighted by Gasteiger charge is -2.37. The van der Waals surface area contributed by atoms with Gasteiger partial charge in [-0.05, 0) is 51.1 Å². The molecule has 0 saturated carbocycles. The minimum absolute atomic E-state index is 0.0344. The first kappa shape index (κ1) is 22.4. The maximum absolute atomic E-state index is 14.4. The Kier molecular flexibility index (Phi) is 6.11. The second-order valence-corrected chi connectivity index (χ2v) is 8.40. The maximum Gasteiger partial charge on any atom is 0.255 e. The van der Waals surface area contributed by atoms with Gasteiger partial charge in [0.25, 0.3) is 5.91 Å². The normalized spacial score (nSPS) is 19.6. The molecule has 0 spiro atoms. The number of likely N-dealkylation sites (N-methyl/N-ethyl adjacent to an activating group) is 1. The third kappa shape index (κ3) is 4.30. The molecule has 1 atom stereocenters. The molecule has 2 aromatic rings. The Morgan fingerprint density at radius 2 is 2.09 bits per heavy atom. The number of nitrogens with zero attached hydrogens (tertiary/aromatic N) is 6. The van der Waals surface area contributed by atoms with Crippen molar-refractivity contribution in [2.75, 3.05) is 26.7 Å². The zero-order chi connectivity index (χ0) is 23.7. The van der Waals surface area contributed by atoms with Gasteiger partial charge in [-0.2, -0.15) is 15.0 Å². The van der Waals surface area contributed by atoms with Gasteiger partial charge >= 0.3 is 0 Å². The van der Waals surface area contributed by atoms with Crippen LogP contribution in [-0.2, 0) is 0 Å². The summed E-state index contributed by atoms with van der Waals surface area (Å²) in [5.74, 6) is -0.613. The highest BCUT2D eigenvalue weighted by molar-refractivity contribution is 5.94. The van der Waals surface area contributed by atoms with Gasteiger partial charge in [0.05, 0.1) is 22.9 Å². The molecule has 1 aliphatic heterocycles. The maximum atomic E-state index is 14.4. The molecule has 170 valence electrons. The number of piperazine rings is 1. The first-order valence-corrected chi connectivity index (χ1v) is 10.7. The molecule has 33 heavy (non-hydrogen) atoms. The van der Waals surface area contributed by atoms with Gasteiger partial charge < -0.3 is 14.9 Å². The van der Waals surface area contributed by atoms with E-state index < -0.39 is 5.83 Å². The first-order chi connectivity index (χ1) is 15.8. The van der Waals surface area contributed by atoms with Gasteiger partial charge in [-0.25, -0.2) is 9.37 Å². The lowest BCUT2D eigenvalue weighted by atomic mass is 10.0. The van der Waals surface area contributed by atoms with Gasteiger partial charge in [0.2, 0.25) is 5.88 Å². The van der Waals surface area contributed by atoms with Crippen molar-refractivity contribution in [1.82, 2.24) is 24.6 Å². The summed E-state index contributed by atoms with van der Waals surface area (Å²) in [6, 6.07) is 5.40.